The van der Waals surface area contributed by atoms with Crippen LogP contribution >= 0.6 is 0 Å². The van der Waals surface area contributed by atoms with Crippen molar-refractivity contribution in [3.05, 3.63) is 89.8 Å². The van der Waals surface area contributed by atoms with Crippen LogP contribution in [0.15, 0.2) is 67.0 Å². The van der Waals surface area contributed by atoms with Crippen LogP contribution in [0.25, 0.3) is 22.8 Å². The summed E-state index contributed by atoms with van der Waals surface area (Å²) < 4.78 is 28.2. The van der Waals surface area contributed by atoms with Crippen molar-refractivity contribution in [3.8, 4) is 22.8 Å². The maximum Gasteiger partial charge on any atom is 0.244 e. The Hall–Kier alpha value is -3.94. The van der Waals surface area contributed by atoms with Gasteiger partial charge < -0.3 is 4.90 Å². The molecule has 31 heavy (non-hydrogen) atoms. The van der Waals surface area contributed by atoms with Crippen LogP contribution in [0.4, 0.5) is 8.78 Å². The molecule has 8 heteroatoms. The lowest BCUT2D eigenvalue weighted by molar-refractivity contribution is -0.132. The molecule has 1 amide bonds. The quantitative estimate of drug-likeness (QED) is 0.506. The third kappa shape index (κ3) is 3.79. The van der Waals surface area contributed by atoms with Crippen molar-refractivity contribution < 1.29 is 13.6 Å². The van der Waals surface area contributed by atoms with Gasteiger partial charge in [0, 0.05) is 36.6 Å². The minimum absolute atomic E-state index is 0.0255. The van der Waals surface area contributed by atoms with Crippen LogP contribution in [0.2, 0.25) is 0 Å². The van der Waals surface area contributed by atoms with Crippen LogP contribution in [0.3, 0.4) is 0 Å². The predicted octanol–water partition coefficient (Wildman–Crippen LogP) is 3.83. The summed E-state index contributed by atoms with van der Waals surface area (Å²) in [6.07, 6.45) is 3.49. The Kier molecular flexibility index (Phi) is 4.74. The SMILES string of the molecule is O=C(Cn1nc(-c2ccc(F)cc2)nc1-c1ccc(F)cc1)N1Cc2ccncc2C1. The molecule has 0 radical (unpaired) electrons. The largest absolute Gasteiger partial charge is 0.332 e. The topological polar surface area (TPSA) is 63.9 Å². The summed E-state index contributed by atoms with van der Waals surface area (Å²) in [7, 11) is 0. The van der Waals surface area contributed by atoms with Gasteiger partial charge in [-0.15, -0.1) is 5.10 Å². The molecule has 0 aliphatic carbocycles. The van der Waals surface area contributed by atoms with Crippen LogP contribution in [-0.4, -0.2) is 30.6 Å². The molecule has 0 saturated heterocycles. The van der Waals surface area contributed by atoms with E-state index in [4.69, 9.17) is 0 Å². The van der Waals surface area contributed by atoms with Crippen molar-refractivity contribution in [2.75, 3.05) is 0 Å². The molecule has 1 aliphatic rings. The molecule has 0 bridgehead atoms. The van der Waals surface area contributed by atoms with Crippen molar-refractivity contribution in [1.29, 1.82) is 0 Å². The molecular weight excluding hydrogens is 400 g/mol. The van der Waals surface area contributed by atoms with Crippen LogP contribution < -0.4 is 0 Å². The zero-order valence-electron chi connectivity index (χ0n) is 16.4. The second-order valence-electron chi connectivity index (χ2n) is 7.32. The molecule has 5 rings (SSSR count). The van der Waals surface area contributed by atoms with Crippen LogP contribution in [0.1, 0.15) is 11.1 Å². The van der Waals surface area contributed by atoms with Crippen molar-refractivity contribution in [1.82, 2.24) is 24.6 Å². The van der Waals surface area contributed by atoms with Crippen LogP contribution in [-0.2, 0) is 24.4 Å². The summed E-state index contributed by atoms with van der Waals surface area (Å²) in [5, 5.41) is 4.50. The van der Waals surface area contributed by atoms with E-state index in [1.165, 1.54) is 28.9 Å². The van der Waals surface area contributed by atoms with E-state index in [2.05, 4.69) is 15.1 Å². The number of benzene rings is 2. The summed E-state index contributed by atoms with van der Waals surface area (Å²) in [5.41, 5.74) is 3.35. The number of hydrogen-bond donors (Lipinski definition) is 0. The van der Waals surface area contributed by atoms with E-state index in [0.717, 1.165) is 11.1 Å². The number of amides is 1. The summed E-state index contributed by atoms with van der Waals surface area (Å²) in [4.78, 5) is 23.4. The van der Waals surface area contributed by atoms with E-state index in [-0.39, 0.29) is 24.1 Å². The predicted molar refractivity (Wildman–Crippen MR) is 109 cm³/mol. The Morgan fingerprint density at radius 1 is 0.871 bits per heavy atom. The maximum atomic E-state index is 13.4. The molecule has 4 aromatic rings. The first-order valence-corrected chi connectivity index (χ1v) is 9.73. The number of carbonyl (C=O) groups excluding carboxylic acids is 1. The van der Waals surface area contributed by atoms with Crippen LogP contribution in [0.5, 0.6) is 0 Å². The lowest BCUT2D eigenvalue weighted by Gasteiger charge is -2.16. The number of nitrogens with zero attached hydrogens (tertiary/aromatic N) is 5. The molecule has 0 atom stereocenters. The molecule has 2 aromatic heterocycles. The van der Waals surface area contributed by atoms with Gasteiger partial charge in [0.05, 0.1) is 0 Å². The average Bonchev–Trinajstić information content (AvgIpc) is 3.39. The van der Waals surface area contributed by atoms with E-state index in [1.807, 2.05) is 6.07 Å². The molecule has 0 fully saturated rings. The summed E-state index contributed by atoms with van der Waals surface area (Å²) >= 11 is 0. The summed E-state index contributed by atoms with van der Waals surface area (Å²) in [5.74, 6) is -0.0458. The standard InChI is InChI=1S/C23H17F2N5O/c24-19-5-1-15(2-6-19)22-27-23(16-3-7-20(25)8-4-16)30(28-22)14-21(31)29-12-17-9-10-26-11-18(17)13-29/h1-11H,12-14H2. The Labute approximate surface area is 176 Å². The summed E-state index contributed by atoms with van der Waals surface area (Å²) in [6, 6.07) is 13.6. The average molecular weight is 417 g/mol. The Morgan fingerprint density at radius 3 is 2.19 bits per heavy atom. The van der Waals surface area contributed by atoms with Gasteiger partial charge in [0.1, 0.15) is 18.2 Å². The molecular formula is C23H17F2N5O. The van der Waals surface area contributed by atoms with Gasteiger partial charge in [0.25, 0.3) is 0 Å². The molecule has 0 saturated carbocycles. The molecule has 0 unspecified atom stereocenters. The highest BCUT2D eigenvalue weighted by Gasteiger charge is 2.25. The van der Waals surface area contributed by atoms with Crippen LogP contribution in [0, 0.1) is 11.6 Å². The summed E-state index contributed by atoms with van der Waals surface area (Å²) in [6.45, 7) is 0.984. The highest BCUT2D eigenvalue weighted by atomic mass is 19.1. The zero-order chi connectivity index (χ0) is 21.4. The van der Waals surface area contributed by atoms with E-state index < -0.39 is 0 Å². The molecule has 0 spiro atoms. The van der Waals surface area contributed by atoms with Gasteiger partial charge in [-0.1, -0.05) is 0 Å². The molecule has 0 N–H and O–H groups in total. The first-order chi connectivity index (χ1) is 15.1. The fourth-order valence-electron chi connectivity index (χ4n) is 3.61. The van der Waals surface area contributed by atoms with Gasteiger partial charge in [-0.3, -0.25) is 9.78 Å². The lowest BCUT2D eigenvalue weighted by Crippen LogP contribution is -2.29. The number of fused-ring (bicyclic) bond motifs is 1. The smallest absolute Gasteiger partial charge is 0.244 e. The number of aromatic nitrogens is 4. The monoisotopic (exact) mass is 417 g/mol. The maximum absolute atomic E-state index is 13.4. The van der Waals surface area contributed by atoms with E-state index in [0.29, 0.717) is 35.9 Å². The minimum atomic E-state index is -0.368. The van der Waals surface area contributed by atoms with E-state index in [1.54, 1.807) is 41.6 Å². The third-order valence-corrected chi connectivity index (χ3v) is 5.24. The Balaban J connectivity index is 1.47. The first kappa shape index (κ1) is 19.0. The van der Waals surface area contributed by atoms with E-state index in [9.17, 15) is 13.6 Å². The molecule has 3 heterocycles. The first-order valence-electron chi connectivity index (χ1n) is 9.73. The van der Waals surface area contributed by atoms with Gasteiger partial charge in [-0.2, -0.15) is 0 Å². The van der Waals surface area contributed by atoms with Crippen molar-refractivity contribution in [3.63, 3.8) is 0 Å². The Morgan fingerprint density at radius 2 is 1.52 bits per heavy atom. The minimum Gasteiger partial charge on any atom is -0.332 e. The number of halogens is 2. The van der Waals surface area contributed by atoms with Gasteiger partial charge in [0.15, 0.2) is 11.6 Å². The highest BCUT2D eigenvalue weighted by Crippen LogP contribution is 2.25. The third-order valence-electron chi connectivity index (χ3n) is 5.24. The number of carbonyl (C=O) groups is 1. The van der Waals surface area contributed by atoms with Crippen molar-refractivity contribution >= 4 is 5.91 Å². The molecule has 154 valence electrons. The normalized spacial score (nSPS) is 12.8. The number of rotatable bonds is 4. The number of hydrogen-bond acceptors (Lipinski definition) is 4. The van der Waals surface area contributed by atoms with E-state index >= 15 is 0 Å². The highest BCUT2D eigenvalue weighted by molar-refractivity contribution is 5.77. The van der Waals surface area contributed by atoms with Crippen molar-refractivity contribution in [2.24, 2.45) is 0 Å². The fourth-order valence-corrected chi connectivity index (χ4v) is 3.61. The second kappa shape index (κ2) is 7.71. The second-order valence-corrected chi connectivity index (χ2v) is 7.32. The molecule has 1 aliphatic heterocycles. The fraction of sp³-hybridized carbons (Fsp3) is 0.130. The van der Waals surface area contributed by atoms with Gasteiger partial charge in [-0.25, -0.2) is 18.4 Å². The molecule has 6 nitrogen and oxygen atoms in total. The Bertz CT molecular complexity index is 1230. The van der Waals surface area contributed by atoms with Gasteiger partial charge in [0.2, 0.25) is 5.91 Å². The number of pyridine rings is 1. The van der Waals surface area contributed by atoms with Gasteiger partial charge in [-0.05, 0) is 65.7 Å². The zero-order valence-corrected chi connectivity index (χ0v) is 16.4. The molecule has 2 aromatic carbocycles. The van der Waals surface area contributed by atoms with Gasteiger partial charge >= 0.3 is 0 Å². The lowest BCUT2D eigenvalue weighted by atomic mass is 10.2. The van der Waals surface area contributed by atoms with Crippen molar-refractivity contribution in [2.45, 2.75) is 19.6 Å².